The number of methoxy groups -OCH3 is 1. The molecule has 1 N–H and O–H groups in total. The summed E-state index contributed by atoms with van der Waals surface area (Å²) in [6.07, 6.45) is 8.05. The van der Waals surface area contributed by atoms with Crippen molar-refractivity contribution in [2.24, 2.45) is 0 Å². The maximum absolute atomic E-state index is 5.16. The van der Waals surface area contributed by atoms with Crippen molar-refractivity contribution in [3.63, 3.8) is 0 Å². The highest BCUT2D eigenvalue weighted by molar-refractivity contribution is 5.40. The summed E-state index contributed by atoms with van der Waals surface area (Å²) in [5.41, 5.74) is 2.12. The molecular formula is C12H16N4O. The summed E-state index contributed by atoms with van der Waals surface area (Å²) in [4.78, 5) is 8.55. The second kappa shape index (κ2) is 4.33. The van der Waals surface area contributed by atoms with E-state index >= 15 is 0 Å². The minimum absolute atomic E-state index is 0.533. The van der Waals surface area contributed by atoms with E-state index in [0.29, 0.717) is 11.8 Å². The summed E-state index contributed by atoms with van der Waals surface area (Å²) in [7, 11) is 1.63. The lowest BCUT2D eigenvalue weighted by Gasteiger charge is -2.22. The van der Waals surface area contributed by atoms with Crippen LogP contribution in [-0.4, -0.2) is 34.6 Å². The van der Waals surface area contributed by atoms with E-state index in [1.54, 1.807) is 13.3 Å². The number of ether oxygens (including phenoxy) is 1. The second-order valence-electron chi connectivity index (χ2n) is 4.38. The van der Waals surface area contributed by atoms with Gasteiger partial charge in [0.1, 0.15) is 0 Å². The van der Waals surface area contributed by atoms with Crippen LogP contribution in [0.2, 0.25) is 0 Å². The molecular weight excluding hydrogens is 216 g/mol. The minimum atomic E-state index is 0.533. The van der Waals surface area contributed by atoms with E-state index in [9.17, 15) is 0 Å². The molecule has 0 radical (unpaired) electrons. The Bertz CT molecular complexity index is 516. The SMILES string of the molecule is COc1cn2c(C3CCCNC3)cnc2cn1. The molecule has 1 unspecified atom stereocenters. The van der Waals surface area contributed by atoms with Crippen LogP contribution < -0.4 is 10.1 Å². The lowest BCUT2D eigenvalue weighted by atomic mass is 9.97. The van der Waals surface area contributed by atoms with Gasteiger partial charge in [-0.3, -0.25) is 4.40 Å². The lowest BCUT2D eigenvalue weighted by Crippen LogP contribution is -2.29. The minimum Gasteiger partial charge on any atom is -0.480 e. The van der Waals surface area contributed by atoms with Gasteiger partial charge in [0.15, 0.2) is 5.65 Å². The van der Waals surface area contributed by atoms with E-state index in [4.69, 9.17) is 4.74 Å². The molecule has 0 saturated carbocycles. The number of hydrogen-bond acceptors (Lipinski definition) is 4. The van der Waals surface area contributed by atoms with Gasteiger partial charge in [0.25, 0.3) is 0 Å². The Labute approximate surface area is 99.8 Å². The predicted molar refractivity (Wildman–Crippen MR) is 64.4 cm³/mol. The first-order chi connectivity index (χ1) is 8.38. The standard InChI is InChI=1S/C12H16N4O/c1-17-12-8-16-10(6-14-11(16)7-15-12)9-3-2-4-13-5-9/h6-9,13H,2-5H2,1H3. The second-order valence-corrected chi connectivity index (χ2v) is 4.38. The highest BCUT2D eigenvalue weighted by Gasteiger charge is 2.19. The van der Waals surface area contributed by atoms with Crippen LogP contribution in [0.5, 0.6) is 5.88 Å². The van der Waals surface area contributed by atoms with Gasteiger partial charge in [-0.15, -0.1) is 0 Å². The van der Waals surface area contributed by atoms with Crippen LogP contribution in [0.4, 0.5) is 0 Å². The smallest absolute Gasteiger partial charge is 0.230 e. The predicted octanol–water partition coefficient (Wildman–Crippen LogP) is 1.20. The molecule has 5 nitrogen and oxygen atoms in total. The monoisotopic (exact) mass is 232 g/mol. The third kappa shape index (κ3) is 1.86. The molecule has 0 aliphatic carbocycles. The van der Waals surface area contributed by atoms with E-state index in [2.05, 4.69) is 19.7 Å². The normalized spacial score (nSPS) is 20.6. The molecule has 5 heteroatoms. The molecule has 1 fully saturated rings. The summed E-state index contributed by atoms with van der Waals surface area (Å²) in [5, 5.41) is 3.43. The molecule has 1 saturated heterocycles. The van der Waals surface area contributed by atoms with Crippen molar-refractivity contribution in [1.82, 2.24) is 19.7 Å². The van der Waals surface area contributed by atoms with E-state index < -0.39 is 0 Å². The zero-order valence-corrected chi connectivity index (χ0v) is 9.89. The molecule has 1 aliphatic rings. The maximum atomic E-state index is 5.16. The molecule has 2 aromatic heterocycles. The molecule has 90 valence electrons. The Morgan fingerprint density at radius 1 is 1.41 bits per heavy atom. The third-order valence-electron chi connectivity index (χ3n) is 3.33. The first kappa shape index (κ1) is 10.5. The number of imidazole rings is 1. The fourth-order valence-electron chi connectivity index (χ4n) is 2.40. The molecule has 2 aromatic rings. The zero-order valence-electron chi connectivity index (χ0n) is 9.89. The molecule has 0 spiro atoms. The van der Waals surface area contributed by atoms with Crippen LogP contribution in [0.25, 0.3) is 5.65 Å². The van der Waals surface area contributed by atoms with E-state index in [0.717, 1.165) is 18.7 Å². The number of hydrogen-bond donors (Lipinski definition) is 1. The average Bonchev–Trinajstić information content (AvgIpc) is 2.82. The number of rotatable bonds is 2. The summed E-state index contributed by atoms with van der Waals surface area (Å²) in [6.45, 7) is 2.15. The highest BCUT2D eigenvalue weighted by atomic mass is 16.5. The Morgan fingerprint density at radius 2 is 2.35 bits per heavy atom. The number of nitrogens with one attached hydrogen (secondary N) is 1. The van der Waals surface area contributed by atoms with E-state index in [1.165, 1.54) is 18.5 Å². The van der Waals surface area contributed by atoms with Crippen LogP contribution in [0, 0.1) is 0 Å². The number of fused-ring (bicyclic) bond motifs is 1. The van der Waals surface area contributed by atoms with Crippen molar-refractivity contribution in [1.29, 1.82) is 0 Å². The number of nitrogens with zero attached hydrogens (tertiary/aromatic N) is 3. The van der Waals surface area contributed by atoms with Crippen LogP contribution in [0.3, 0.4) is 0 Å². The zero-order chi connectivity index (χ0) is 11.7. The van der Waals surface area contributed by atoms with Crippen molar-refractivity contribution < 1.29 is 4.74 Å². The molecule has 3 heterocycles. The Kier molecular flexibility index (Phi) is 2.68. The molecule has 17 heavy (non-hydrogen) atoms. The van der Waals surface area contributed by atoms with Crippen LogP contribution in [0.1, 0.15) is 24.5 Å². The summed E-state index contributed by atoms with van der Waals surface area (Å²) >= 11 is 0. The molecule has 1 atom stereocenters. The van der Waals surface area contributed by atoms with Gasteiger partial charge in [-0.2, -0.15) is 0 Å². The Morgan fingerprint density at radius 3 is 3.12 bits per heavy atom. The van der Waals surface area contributed by atoms with Crippen molar-refractivity contribution in [3.8, 4) is 5.88 Å². The summed E-state index contributed by atoms with van der Waals surface area (Å²) < 4.78 is 7.25. The molecule has 0 aromatic carbocycles. The molecule has 0 amide bonds. The first-order valence-corrected chi connectivity index (χ1v) is 5.96. The Hall–Kier alpha value is -1.62. The van der Waals surface area contributed by atoms with Crippen molar-refractivity contribution in [3.05, 3.63) is 24.3 Å². The fourth-order valence-corrected chi connectivity index (χ4v) is 2.40. The van der Waals surface area contributed by atoms with Gasteiger partial charge in [-0.25, -0.2) is 9.97 Å². The van der Waals surface area contributed by atoms with Gasteiger partial charge in [0, 0.05) is 24.4 Å². The molecule has 0 bridgehead atoms. The van der Waals surface area contributed by atoms with Crippen molar-refractivity contribution in [2.45, 2.75) is 18.8 Å². The lowest BCUT2D eigenvalue weighted by molar-refractivity contribution is 0.394. The number of piperidine rings is 1. The van der Waals surface area contributed by atoms with Gasteiger partial charge in [0.05, 0.1) is 19.5 Å². The number of aromatic nitrogens is 3. The highest BCUT2D eigenvalue weighted by Crippen LogP contribution is 2.24. The van der Waals surface area contributed by atoms with Crippen LogP contribution in [-0.2, 0) is 0 Å². The van der Waals surface area contributed by atoms with Crippen LogP contribution >= 0.6 is 0 Å². The van der Waals surface area contributed by atoms with Crippen molar-refractivity contribution in [2.75, 3.05) is 20.2 Å². The maximum Gasteiger partial charge on any atom is 0.230 e. The summed E-state index contributed by atoms with van der Waals surface area (Å²) in [6, 6.07) is 0. The van der Waals surface area contributed by atoms with Gasteiger partial charge in [0.2, 0.25) is 5.88 Å². The van der Waals surface area contributed by atoms with E-state index in [-0.39, 0.29) is 0 Å². The first-order valence-electron chi connectivity index (χ1n) is 5.96. The third-order valence-corrected chi connectivity index (χ3v) is 3.33. The topological polar surface area (TPSA) is 51.5 Å². The van der Waals surface area contributed by atoms with Gasteiger partial charge in [-0.1, -0.05) is 0 Å². The van der Waals surface area contributed by atoms with Gasteiger partial charge < -0.3 is 10.1 Å². The molecule has 3 rings (SSSR count). The summed E-state index contributed by atoms with van der Waals surface area (Å²) in [5.74, 6) is 1.16. The quantitative estimate of drug-likeness (QED) is 0.845. The largest absolute Gasteiger partial charge is 0.480 e. The van der Waals surface area contributed by atoms with Crippen molar-refractivity contribution >= 4 is 5.65 Å². The van der Waals surface area contributed by atoms with Crippen LogP contribution in [0.15, 0.2) is 18.6 Å². The van der Waals surface area contributed by atoms with E-state index in [1.807, 2.05) is 12.4 Å². The Balaban J connectivity index is 2.02. The molecule has 1 aliphatic heterocycles. The van der Waals surface area contributed by atoms with Gasteiger partial charge >= 0.3 is 0 Å². The van der Waals surface area contributed by atoms with Gasteiger partial charge in [-0.05, 0) is 19.4 Å². The fraction of sp³-hybridized carbons (Fsp3) is 0.500. The average molecular weight is 232 g/mol.